The molecular formula is C22H27ClN4O4S3. The number of piperidine rings is 1. The number of rotatable bonds is 8. The van der Waals surface area contributed by atoms with Gasteiger partial charge in [0.15, 0.2) is 5.13 Å². The van der Waals surface area contributed by atoms with Crippen LogP contribution in [0.4, 0.5) is 5.13 Å². The van der Waals surface area contributed by atoms with Gasteiger partial charge in [-0.25, -0.2) is 13.4 Å². The Balaban J connectivity index is 1.71. The number of hydrogen-bond acceptors (Lipinski definition) is 8. The molecule has 1 unspecified atom stereocenters. The van der Waals surface area contributed by atoms with Crippen molar-refractivity contribution < 1.29 is 17.9 Å². The predicted octanol–water partition coefficient (Wildman–Crippen LogP) is 4.16. The predicted molar refractivity (Wildman–Crippen MR) is 138 cm³/mol. The van der Waals surface area contributed by atoms with Gasteiger partial charge < -0.3 is 9.64 Å². The fraction of sp³-hybridized carbons (Fsp3) is 0.455. The van der Waals surface area contributed by atoms with E-state index in [-0.39, 0.29) is 10.1 Å². The SMILES string of the molecule is COc1cccc2sc(N(CCN(C)C)C(=O)C3CCCCN3S(=O)(=O)c3ccc(Cl)s3)nc12. The first-order valence-electron chi connectivity index (χ1n) is 10.9. The van der Waals surface area contributed by atoms with Gasteiger partial charge in [-0.3, -0.25) is 9.69 Å². The lowest BCUT2D eigenvalue weighted by Gasteiger charge is -2.36. The van der Waals surface area contributed by atoms with Crippen LogP contribution in [0.2, 0.25) is 4.34 Å². The normalized spacial score (nSPS) is 17.4. The molecule has 1 aromatic carbocycles. The highest BCUT2D eigenvalue weighted by Gasteiger charge is 2.41. The number of sulfonamides is 1. The number of carbonyl (C=O) groups excluding carboxylic acids is 1. The first-order valence-corrected chi connectivity index (χ1v) is 14.3. The maximum Gasteiger partial charge on any atom is 0.253 e. The van der Waals surface area contributed by atoms with Crippen LogP contribution in [0.15, 0.2) is 34.5 Å². The molecule has 1 amide bonds. The number of para-hydroxylation sites is 1. The number of thiazole rings is 1. The fourth-order valence-corrected chi connectivity index (χ4v) is 8.24. The lowest BCUT2D eigenvalue weighted by molar-refractivity contribution is -0.123. The van der Waals surface area contributed by atoms with E-state index in [1.54, 1.807) is 18.1 Å². The molecule has 4 rings (SSSR count). The van der Waals surface area contributed by atoms with E-state index in [0.29, 0.717) is 53.2 Å². The van der Waals surface area contributed by atoms with E-state index in [1.165, 1.54) is 21.7 Å². The van der Waals surface area contributed by atoms with Crippen molar-refractivity contribution in [3.63, 3.8) is 0 Å². The largest absolute Gasteiger partial charge is 0.494 e. The zero-order chi connectivity index (χ0) is 24.5. The molecule has 34 heavy (non-hydrogen) atoms. The standard InChI is InChI=1S/C22H27ClN4O4S3/c1-25(2)13-14-26(22-24-20-16(31-3)8-6-9-17(20)32-22)21(28)15-7-4-5-12-27(15)34(29,30)19-11-10-18(23)33-19/h6,8-11,15H,4-5,7,12-14H2,1-3H3. The second-order valence-electron chi connectivity index (χ2n) is 8.28. The van der Waals surface area contributed by atoms with E-state index in [1.807, 2.05) is 37.2 Å². The number of halogens is 1. The molecule has 8 nitrogen and oxygen atoms in total. The lowest BCUT2D eigenvalue weighted by Crippen LogP contribution is -2.53. The average Bonchev–Trinajstić information content (AvgIpc) is 3.45. The maximum atomic E-state index is 14.0. The number of ether oxygens (including phenoxy) is 1. The first-order chi connectivity index (χ1) is 16.2. The molecule has 3 heterocycles. The van der Waals surface area contributed by atoms with Gasteiger partial charge in [-0.2, -0.15) is 4.31 Å². The van der Waals surface area contributed by atoms with Crippen molar-refractivity contribution in [1.29, 1.82) is 0 Å². The Morgan fingerprint density at radius 2 is 2.00 bits per heavy atom. The van der Waals surface area contributed by atoms with E-state index in [2.05, 4.69) is 0 Å². The molecular weight excluding hydrogens is 516 g/mol. The zero-order valence-electron chi connectivity index (χ0n) is 19.2. The summed E-state index contributed by atoms with van der Waals surface area (Å²) in [5, 5.41) is 0.536. The Bertz CT molecular complexity index is 1270. The van der Waals surface area contributed by atoms with E-state index in [9.17, 15) is 13.2 Å². The number of nitrogens with zero attached hydrogens (tertiary/aromatic N) is 4. The van der Waals surface area contributed by atoms with Crippen molar-refractivity contribution in [2.45, 2.75) is 29.5 Å². The summed E-state index contributed by atoms with van der Waals surface area (Å²) in [4.78, 5) is 22.3. The lowest BCUT2D eigenvalue weighted by atomic mass is 10.0. The van der Waals surface area contributed by atoms with Gasteiger partial charge in [0.05, 0.1) is 16.1 Å². The van der Waals surface area contributed by atoms with Gasteiger partial charge in [0.25, 0.3) is 10.0 Å². The zero-order valence-corrected chi connectivity index (χ0v) is 22.4. The summed E-state index contributed by atoms with van der Waals surface area (Å²) >= 11 is 8.42. The van der Waals surface area contributed by atoms with Crippen LogP contribution in [-0.4, -0.2) is 75.4 Å². The number of methoxy groups -OCH3 is 1. The molecule has 1 aliphatic heterocycles. The second-order valence-corrected chi connectivity index (χ2v) is 13.1. The molecule has 1 aliphatic rings. The summed E-state index contributed by atoms with van der Waals surface area (Å²) in [6.45, 7) is 1.30. The van der Waals surface area contributed by atoms with Gasteiger partial charge in [-0.15, -0.1) is 11.3 Å². The Morgan fingerprint density at radius 1 is 1.21 bits per heavy atom. The number of hydrogen-bond donors (Lipinski definition) is 0. The number of thiophene rings is 1. The number of likely N-dealkylation sites (N-methyl/N-ethyl adjacent to an activating group) is 1. The maximum absolute atomic E-state index is 14.0. The smallest absolute Gasteiger partial charge is 0.253 e. The summed E-state index contributed by atoms with van der Waals surface area (Å²) in [7, 11) is 1.61. The average molecular weight is 543 g/mol. The number of anilines is 1. The Morgan fingerprint density at radius 3 is 2.68 bits per heavy atom. The van der Waals surface area contributed by atoms with E-state index >= 15 is 0 Å². The minimum Gasteiger partial charge on any atom is -0.494 e. The Labute approximate surface area is 212 Å². The van der Waals surface area contributed by atoms with Gasteiger partial charge in [0, 0.05) is 19.6 Å². The molecule has 12 heteroatoms. The summed E-state index contributed by atoms with van der Waals surface area (Å²) in [5.41, 5.74) is 0.689. The number of carbonyl (C=O) groups is 1. The summed E-state index contributed by atoms with van der Waals surface area (Å²) < 4.78 is 35.1. The Kier molecular flexibility index (Phi) is 7.80. The van der Waals surface area contributed by atoms with Gasteiger partial charge >= 0.3 is 0 Å². The minimum absolute atomic E-state index is 0.154. The molecule has 1 atom stereocenters. The third-order valence-corrected chi connectivity index (χ3v) is 10.4. The molecule has 0 saturated carbocycles. The van der Waals surface area contributed by atoms with Crippen molar-refractivity contribution in [3.05, 3.63) is 34.7 Å². The molecule has 0 N–H and O–H groups in total. The topological polar surface area (TPSA) is 83.0 Å². The molecule has 0 radical (unpaired) electrons. The fourth-order valence-electron chi connectivity index (χ4n) is 3.96. The van der Waals surface area contributed by atoms with Gasteiger partial charge in [0.1, 0.15) is 21.5 Å². The summed E-state index contributed by atoms with van der Waals surface area (Å²) in [6.07, 6.45) is 1.95. The third-order valence-electron chi connectivity index (χ3n) is 5.71. The van der Waals surface area contributed by atoms with Gasteiger partial charge in [-0.1, -0.05) is 35.4 Å². The van der Waals surface area contributed by atoms with Crippen LogP contribution >= 0.6 is 34.3 Å². The molecule has 0 bridgehead atoms. The van der Waals surface area contributed by atoms with Crippen LogP contribution in [0.25, 0.3) is 10.2 Å². The molecule has 1 fully saturated rings. The summed E-state index contributed by atoms with van der Waals surface area (Å²) in [5.74, 6) is 0.377. The van der Waals surface area contributed by atoms with E-state index in [4.69, 9.17) is 21.3 Å². The monoisotopic (exact) mass is 542 g/mol. The number of fused-ring (bicyclic) bond motifs is 1. The number of aromatic nitrogens is 1. The van der Waals surface area contributed by atoms with Crippen LogP contribution in [0.1, 0.15) is 19.3 Å². The van der Waals surface area contributed by atoms with Crippen LogP contribution < -0.4 is 9.64 Å². The second kappa shape index (κ2) is 10.5. The van der Waals surface area contributed by atoms with Crippen LogP contribution in [0, 0.1) is 0 Å². The van der Waals surface area contributed by atoms with Crippen LogP contribution in [0.3, 0.4) is 0 Å². The molecule has 0 aliphatic carbocycles. The molecule has 2 aromatic heterocycles. The molecule has 1 saturated heterocycles. The minimum atomic E-state index is -3.85. The van der Waals surface area contributed by atoms with Crippen LogP contribution in [0.5, 0.6) is 5.75 Å². The van der Waals surface area contributed by atoms with E-state index < -0.39 is 16.1 Å². The number of benzene rings is 1. The summed E-state index contributed by atoms with van der Waals surface area (Å²) in [6, 6.07) is 7.93. The highest BCUT2D eigenvalue weighted by atomic mass is 35.5. The first kappa shape index (κ1) is 25.3. The highest BCUT2D eigenvalue weighted by molar-refractivity contribution is 7.91. The van der Waals surface area contributed by atoms with Gasteiger partial charge in [-0.05, 0) is 51.2 Å². The van der Waals surface area contributed by atoms with E-state index in [0.717, 1.165) is 22.5 Å². The molecule has 3 aromatic rings. The van der Waals surface area contributed by atoms with Crippen molar-refractivity contribution in [2.75, 3.05) is 45.7 Å². The van der Waals surface area contributed by atoms with Crippen molar-refractivity contribution >= 4 is 65.6 Å². The highest BCUT2D eigenvalue weighted by Crippen LogP contribution is 2.36. The number of amides is 1. The van der Waals surface area contributed by atoms with Crippen molar-refractivity contribution in [3.8, 4) is 5.75 Å². The van der Waals surface area contributed by atoms with Crippen molar-refractivity contribution in [1.82, 2.24) is 14.2 Å². The van der Waals surface area contributed by atoms with Crippen molar-refractivity contribution in [2.24, 2.45) is 0 Å². The Hall–Kier alpha value is -1.76. The molecule has 184 valence electrons. The third kappa shape index (κ3) is 5.09. The molecule has 0 spiro atoms. The van der Waals surface area contributed by atoms with Crippen LogP contribution in [-0.2, 0) is 14.8 Å². The quantitative estimate of drug-likeness (QED) is 0.425. The van der Waals surface area contributed by atoms with Gasteiger partial charge in [0.2, 0.25) is 5.91 Å².